The van der Waals surface area contributed by atoms with Crippen LogP contribution in [0.2, 0.25) is 0 Å². The SMILES string of the molecule is O=C(Cc1cccc(F)c1)N1CCC[C@@H](S(=O)(=O)N2CCOCC2)C1. The quantitative estimate of drug-likeness (QED) is 0.794. The molecule has 1 atom stereocenters. The van der Waals surface area contributed by atoms with E-state index in [4.69, 9.17) is 4.74 Å². The largest absolute Gasteiger partial charge is 0.379 e. The summed E-state index contributed by atoms with van der Waals surface area (Å²) in [5.74, 6) is -0.538. The second kappa shape index (κ2) is 7.80. The summed E-state index contributed by atoms with van der Waals surface area (Å²) in [5, 5.41) is -0.573. The van der Waals surface area contributed by atoms with Crippen molar-refractivity contribution in [1.29, 1.82) is 0 Å². The molecule has 0 bridgehead atoms. The van der Waals surface area contributed by atoms with Gasteiger partial charge in [-0.25, -0.2) is 12.8 Å². The molecule has 2 heterocycles. The molecule has 0 radical (unpaired) electrons. The number of nitrogens with zero attached hydrogens (tertiary/aromatic N) is 2. The van der Waals surface area contributed by atoms with Gasteiger partial charge in [-0.3, -0.25) is 4.79 Å². The minimum absolute atomic E-state index is 0.0854. The van der Waals surface area contributed by atoms with Crippen LogP contribution >= 0.6 is 0 Å². The highest BCUT2D eigenvalue weighted by atomic mass is 32.2. The lowest BCUT2D eigenvalue weighted by Gasteiger charge is -2.36. The molecule has 0 saturated carbocycles. The van der Waals surface area contributed by atoms with Gasteiger partial charge in [-0.2, -0.15) is 4.31 Å². The number of ether oxygens (including phenoxy) is 1. The molecule has 3 rings (SSSR count). The second-order valence-corrected chi connectivity index (χ2v) is 8.68. The van der Waals surface area contributed by atoms with E-state index in [-0.39, 0.29) is 24.7 Å². The highest BCUT2D eigenvalue weighted by Gasteiger charge is 2.37. The van der Waals surface area contributed by atoms with Gasteiger partial charge in [0.2, 0.25) is 15.9 Å². The summed E-state index contributed by atoms with van der Waals surface area (Å²) < 4.78 is 45.5. The summed E-state index contributed by atoms with van der Waals surface area (Å²) in [4.78, 5) is 14.1. The fraction of sp³-hybridized carbons (Fsp3) is 0.588. The van der Waals surface area contributed by atoms with E-state index in [1.807, 2.05) is 0 Å². The van der Waals surface area contributed by atoms with E-state index >= 15 is 0 Å². The molecule has 8 heteroatoms. The smallest absolute Gasteiger partial charge is 0.227 e. The molecule has 1 aromatic rings. The Bertz CT molecular complexity index is 719. The van der Waals surface area contributed by atoms with Gasteiger partial charge in [-0.15, -0.1) is 0 Å². The number of halogens is 1. The minimum Gasteiger partial charge on any atom is -0.379 e. The molecule has 2 saturated heterocycles. The van der Waals surface area contributed by atoms with Crippen LogP contribution in [0.5, 0.6) is 0 Å². The van der Waals surface area contributed by atoms with E-state index in [2.05, 4.69) is 0 Å². The third-order valence-corrected chi connectivity index (χ3v) is 7.04. The third-order valence-electron chi connectivity index (χ3n) is 4.73. The van der Waals surface area contributed by atoms with Gasteiger partial charge in [0, 0.05) is 26.2 Å². The molecule has 0 unspecified atom stereocenters. The predicted octanol–water partition coefficient (Wildman–Crippen LogP) is 1.02. The number of piperidine rings is 1. The summed E-state index contributed by atoms with van der Waals surface area (Å²) in [7, 11) is -3.43. The van der Waals surface area contributed by atoms with Crippen LogP contribution in [0, 0.1) is 5.82 Å². The molecule has 1 aromatic carbocycles. The van der Waals surface area contributed by atoms with Crippen molar-refractivity contribution >= 4 is 15.9 Å². The fourth-order valence-corrected chi connectivity index (χ4v) is 5.27. The van der Waals surface area contributed by atoms with Crippen LogP contribution in [-0.2, 0) is 26.0 Å². The monoisotopic (exact) mass is 370 g/mol. The Balaban J connectivity index is 1.65. The summed E-state index contributed by atoms with van der Waals surface area (Å²) in [6.07, 6.45) is 1.30. The number of morpholine rings is 1. The van der Waals surface area contributed by atoms with Gasteiger partial charge in [-0.05, 0) is 30.5 Å². The Kier molecular flexibility index (Phi) is 5.71. The normalized spacial score (nSPS) is 22.8. The van der Waals surface area contributed by atoms with E-state index in [0.29, 0.717) is 51.3 Å². The van der Waals surface area contributed by atoms with Crippen LogP contribution in [0.3, 0.4) is 0 Å². The molecular weight excluding hydrogens is 347 g/mol. The lowest BCUT2D eigenvalue weighted by Crippen LogP contribution is -2.52. The van der Waals surface area contributed by atoms with Crippen LogP contribution in [0.15, 0.2) is 24.3 Å². The predicted molar refractivity (Wildman–Crippen MR) is 91.0 cm³/mol. The van der Waals surface area contributed by atoms with Crippen molar-refractivity contribution in [2.24, 2.45) is 0 Å². The Morgan fingerprint density at radius 3 is 2.72 bits per heavy atom. The summed E-state index contributed by atoms with van der Waals surface area (Å²) in [6.45, 7) is 2.31. The van der Waals surface area contributed by atoms with Gasteiger partial charge in [0.1, 0.15) is 5.82 Å². The topological polar surface area (TPSA) is 66.9 Å². The maximum Gasteiger partial charge on any atom is 0.227 e. The molecule has 25 heavy (non-hydrogen) atoms. The van der Waals surface area contributed by atoms with Gasteiger partial charge in [0.15, 0.2) is 0 Å². The van der Waals surface area contributed by atoms with E-state index in [1.54, 1.807) is 17.0 Å². The first-order valence-electron chi connectivity index (χ1n) is 8.56. The molecule has 1 amide bonds. The molecule has 0 aliphatic carbocycles. The van der Waals surface area contributed by atoms with Crippen molar-refractivity contribution in [3.05, 3.63) is 35.6 Å². The number of carbonyl (C=O) groups is 1. The van der Waals surface area contributed by atoms with E-state index < -0.39 is 15.3 Å². The molecule has 138 valence electrons. The maximum atomic E-state index is 13.3. The van der Waals surface area contributed by atoms with Crippen LogP contribution in [0.4, 0.5) is 4.39 Å². The number of carbonyl (C=O) groups excluding carboxylic acids is 1. The molecule has 6 nitrogen and oxygen atoms in total. The zero-order valence-electron chi connectivity index (χ0n) is 14.1. The molecule has 0 aromatic heterocycles. The number of rotatable bonds is 4. The van der Waals surface area contributed by atoms with Crippen LogP contribution in [0.25, 0.3) is 0 Å². The number of hydrogen-bond donors (Lipinski definition) is 0. The van der Waals surface area contributed by atoms with Crippen molar-refractivity contribution < 1.29 is 22.3 Å². The Morgan fingerprint density at radius 2 is 2.00 bits per heavy atom. The van der Waals surface area contributed by atoms with Crippen LogP contribution < -0.4 is 0 Å². The number of likely N-dealkylation sites (tertiary alicyclic amines) is 1. The molecule has 2 fully saturated rings. The highest BCUT2D eigenvalue weighted by Crippen LogP contribution is 2.22. The first-order chi connectivity index (χ1) is 12.0. The molecule has 0 spiro atoms. The van der Waals surface area contributed by atoms with Crippen molar-refractivity contribution in [1.82, 2.24) is 9.21 Å². The van der Waals surface area contributed by atoms with Gasteiger partial charge >= 0.3 is 0 Å². The molecule has 2 aliphatic rings. The fourth-order valence-electron chi connectivity index (χ4n) is 3.35. The number of amides is 1. The number of hydrogen-bond acceptors (Lipinski definition) is 4. The first-order valence-corrected chi connectivity index (χ1v) is 10.1. The van der Waals surface area contributed by atoms with Crippen LogP contribution in [0.1, 0.15) is 18.4 Å². The molecule has 0 N–H and O–H groups in total. The zero-order valence-corrected chi connectivity index (χ0v) is 14.9. The standard InChI is InChI=1S/C17H23FN2O4S/c18-15-4-1-3-14(11-15)12-17(21)19-6-2-5-16(13-19)25(22,23)20-7-9-24-10-8-20/h1,3-4,11,16H,2,5-10,12-13H2/t16-/m1/s1. The summed E-state index contributed by atoms with van der Waals surface area (Å²) in [5.41, 5.74) is 0.600. The second-order valence-electron chi connectivity index (χ2n) is 6.47. The molecular formula is C17H23FN2O4S. The first kappa shape index (κ1) is 18.3. The maximum absolute atomic E-state index is 13.3. The van der Waals surface area contributed by atoms with Gasteiger partial charge in [-0.1, -0.05) is 12.1 Å². The summed E-state index contributed by atoms with van der Waals surface area (Å²) in [6, 6.07) is 5.94. The van der Waals surface area contributed by atoms with Crippen molar-refractivity contribution in [2.75, 3.05) is 39.4 Å². The third kappa shape index (κ3) is 4.37. The number of sulfonamides is 1. The van der Waals surface area contributed by atoms with Crippen molar-refractivity contribution in [3.8, 4) is 0 Å². The van der Waals surface area contributed by atoms with Crippen molar-refractivity contribution in [3.63, 3.8) is 0 Å². The average molecular weight is 370 g/mol. The van der Waals surface area contributed by atoms with E-state index in [1.165, 1.54) is 16.4 Å². The molecule has 2 aliphatic heterocycles. The van der Waals surface area contributed by atoms with Gasteiger partial charge in [0.25, 0.3) is 0 Å². The lowest BCUT2D eigenvalue weighted by molar-refractivity contribution is -0.131. The Labute approximate surface area is 147 Å². The Hall–Kier alpha value is -1.51. The van der Waals surface area contributed by atoms with E-state index in [9.17, 15) is 17.6 Å². The van der Waals surface area contributed by atoms with Gasteiger partial charge in [0.05, 0.1) is 24.9 Å². The lowest BCUT2D eigenvalue weighted by atomic mass is 10.1. The highest BCUT2D eigenvalue weighted by molar-refractivity contribution is 7.89. The Morgan fingerprint density at radius 1 is 1.24 bits per heavy atom. The van der Waals surface area contributed by atoms with E-state index in [0.717, 1.165) is 0 Å². The average Bonchev–Trinajstić information content (AvgIpc) is 2.62. The number of benzene rings is 1. The summed E-state index contributed by atoms with van der Waals surface area (Å²) >= 11 is 0. The zero-order chi connectivity index (χ0) is 17.9. The van der Waals surface area contributed by atoms with Crippen molar-refractivity contribution in [2.45, 2.75) is 24.5 Å². The minimum atomic E-state index is -3.43. The van der Waals surface area contributed by atoms with Crippen LogP contribution in [-0.4, -0.2) is 68.2 Å². The van der Waals surface area contributed by atoms with Gasteiger partial charge < -0.3 is 9.64 Å².